The number of alkyl halides is 3. The van der Waals surface area contributed by atoms with Gasteiger partial charge in [-0.15, -0.1) is 0 Å². The van der Waals surface area contributed by atoms with Crippen molar-refractivity contribution in [1.82, 2.24) is 0 Å². The zero-order chi connectivity index (χ0) is 12.3. The number of Topliss-reactive ketones (excluding diaryl/α,β-unsaturated/α-hetero) is 1. The van der Waals surface area contributed by atoms with E-state index in [4.69, 9.17) is 11.6 Å². The van der Waals surface area contributed by atoms with Gasteiger partial charge in [-0.05, 0) is 30.0 Å². The van der Waals surface area contributed by atoms with Gasteiger partial charge in [0.1, 0.15) is 0 Å². The molecule has 0 saturated carbocycles. The van der Waals surface area contributed by atoms with Crippen molar-refractivity contribution >= 4 is 29.1 Å². The number of hydrogen-bond acceptors (Lipinski definition) is 2. The van der Waals surface area contributed by atoms with Crippen molar-refractivity contribution in [2.45, 2.75) is 23.7 Å². The molecule has 0 aromatic heterocycles. The van der Waals surface area contributed by atoms with Crippen LogP contribution < -0.4 is 0 Å². The van der Waals surface area contributed by atoms with Gasteiger partial charge < -0.3 is 0 Å². The maximum absolute atomic E-state index is 12.2. The predicted octanol–water partition coefficient (Wildman–Crippen LogP) is 4.54. The summed E-state index contributed by atoms with van der Waals surface area (Å²) in [4.78, 5) is 11.2. The maximum atomic E-state index is 12.2. The SMILES string of the molecule is CCC(=O)c1ccc(Cl)c(SC(F)(F)F)c1. The van der Waals surface area contributed by atoms with Gasteiger partial charge >= 0.3 is 5.51 Å². The average molecular weight is 269 g/mol. The van der Waals surface area contributed by atoms with Gasteiger partial charge in [-0.3, -0.25) is 4.79 Å². The van der Waals surface area contributed by atoms with E-state index in [-0.39, 0.29) is 39.4 Å². The lowest BCUT2D eigenvalue weighted by Crippen LogP contribution is -2.01. The van der Waals surface area contributed by atoms with Crippen LogP contribution in [0.15, 0.2) is 23.1 Å². The minimum atomic E-state index is -4.41. The fourth-order valence-corrected chi connectivity index (χ4v) is 1.92. The Kier molecular flexibility index (Phi) is 4.27. The van der Waals surface area contributed by atoms with E-state index >= 15 is 0 Å². The van der Waals surface area contributed by atoms with E-state index in [1.165, 1.54) is 18.2 Å². The number of rotatable bonds is 3. The maximum Gasteiger partial charge on any atom is 0.446 e. The van der Waals surface area contributed by atoms with Crippen LogP contribution in [0.5, 0.6) is 0 Å². The predicted molar refractivity (Wildman–Crippen MR) is 58.0 cm³/mol. The van der Waals surface area contributed by atoms with E-state index in [2.05, 4.69) is 0 Å². The quantitative estimate of drug-likeness (QED) is 0.591. The molecule has 1 aromatic rings. The highest BCUT2D eigenvalue weighted by atomic mass is 35.5. The van der Waals surface area contributed by atoms with Crippen LogP contribution in [-0.4, -0.2) is 11.3 Å². The molecule has 0 aliphatic carbocycles. The third-order valence-corrected chi connectivity index (χ3v) is 3.03. The molecular formula is C10H8ClF3OS. The molecule has 0 fully saturated rings. The Balaban J connectivity index is 3.04. The van der Waals surface area contributed by atoms with Crippen LogP contribution in [0.2, 0.25) is 5.02 Å². The third-order valence-electron chi connectivity index (χ3n) is 1.80. The second kappa shape index (κ2) is 5.10. The molecule has 0 bridgehead atoms. The number of ketones is 1. The first-order valence-corrected chi connectivity index (χ1v) is 5.61. The first-order valence-electron chi connectivity index (χ1n) is 4.42. The molecule has 0 N–H and O–H groups in total. The van der Waals surface area contributed by atoms with Crippen LogP contribution >= 0.6 is 23.4 Å². The highest BCUT2D eigenvalue weighted by molar-refractivity contribution is 8.00. The van der Waals surface area contributed by atoms with Crippen molar-refractivity contribution in [2.24, 2.45) is 0 Å². The van der Waals surface area contributed by atoms with Crippen molar-refractivity contribution in [3.63, 3.8) is 0 Å². The Hall–Kier alpha value is -0.680. The van der Waals surface area contributed by atoms with E-state index in [9.17, 15) is 18.0 Å². The largest absolute Gasteiger partial charge is 0.446 e. The molecule has 0 aliphatic rings. The smallest absolute Gasteiger partial charge is 0.294 e. The van der Waals surface area contributed by atoms with Crippen LogP contribution in [0.3, 0.4) is 0 Å². The van der Waals surface area contributed by atoms with Crippen LogP contribution in [0.1, 0.15) is 23.7 Å². The van der Waals surface area contributed by atoms with E-state index < -0.39 is 5.51 Å². The van der Waals surface area contributed by atoms with Crippen LogP contribution in [0.25, 0.3) is 0 Å². The van der Waals surface area contributed by atoms with Crippen molar-refractivity contribution in [3.05, 3.63) is 28.8 Å². The number of hydrogen-bond donors (Lipinski definition) is 0. The lowest BCUT2D eigenvalue weighted by Gasteiger charge is -2.08. The van der Waals surface area contributed by atoms with Gasteiger partial charge in [0.15, 0.2) is 5.78 Å². The third kappa shape index (κ3) is 3.72. The van der Waals surface area contributed by atoms with E-state index in [0.717, 1.165) is 0 Å². The first-order chi connectivity index (χ1) is 7.33. The topological polar surface area (TPSA) is 17.1 Å². The van der Waals surface area contributed by atoms with Crippen molar-refractivity contribution in [1.29, 1.82) is 0 Å². The molecule has 0 aliphatic heterocycles. The molecule has 0 atom stereocenters. The number of thioether (sulfide) groups is 1. The van der Waals surface area contributed by atoms with Gasteiger partial charge in [0.25, 0.3) is 0 Å². The summed E-state index contributed by atoms with van der Waals surface area (Å²) in [5, 5.41) is -0.00465. The molecule has 1 aromatic carbocycles. The highest BCUT2D eigenvalue weighted by Crippen LogP contribution is 2.40. The lowest BCUT2D eigenvalue weighted by atomic mass is 10.1. The van der Waals surface area contributed by atoms with E-state index in [0.29, 0.717) is 0 Å². The fraction of sp³-hybridized carbons (Fsp3) is 0.300. The normalized spacial score (nSPS) is 11.6. The van der Waals surface area contributed by atoms with Gasteiger partial charge in [-0.25, -0.2) is 0 Å². The molecular weight excluding hydrogens is 261 g/mol. The summed E-state index contributed by atoms with van der Waals surface area (Å²) < 4.78 is 36.5. The minimum Gasteiger partial charge on any atom is -0.294 e. The standard InChI is InChI=1S/C10H8ClF3OS/c1-2-8(15)6-3-4-7(11)9(5-6)16-10(12,13)14/h3-5H,2H2,1H3. The summed E-state index contributed by atoms with van der Waals surface area (Å²) in [5.74, 6) is -0.208. The van der Waals surface area contributed by atoms with Crippen LogP contribution in [0.4, 0.5) is 13.2 Å². The Labute approximate surface area is 100.0 Å². The van der Waals surface area contributed by atoms with Crippen LogP contribution in [-0.2, 0) is 0 Å². The van der Waals surface area contributed by atoms with Crippen LogP contribution in [0, 0.1) is 0 Å². The molecule has 1 rings (SSSR count). The molecule has 0 spiro atoms. The molecule has 0 radical (unpaired) electrons. The van der Waals surface area contributed by atoms with Gasteiger partial charge in [0, 0.05) is 16.9 Å². The summed E-state index contributed by atoms with van der Waals surface area (Å²) in [7, 11) is 0. The van der Waals surface area contributed by atoms with Gasteiger partial charge in [-0.2, -0.15) is 13.2 Å². The zero-order valence-electron chi connectivity index (χ0n) is 8.27. The molecule has 0 amide bonds. The Bertz CT molecular complexity index is 404. The minimum absolute atomic E-state index is 0.00465. The number of carbonyl (C=O) groups is 1. The number of carbonyl (C=O) groups excluding carboxylic acids is 1. The Morgan fingerprint density at radius 1 is 1.44 bits per heavy atom. The monoisotopic (exact) mass is 268 g/mol. The molecule has 1 nitrogen and oxygen atoms in total. The van der Waals surface area contributed by atoms with E-state index in [1.54, 1.807) is 6.92 Å². The second-order valence-electron chi connectivity index (χ2n) is 2.97. The van der Waals surface area contributed by atoms with Gasteiger partial charge in [0.2, 0.25) is 0 Å². The summed E-state index contributed by atoms with van der Waals surface area (Å²) in [6, 6.07) is 3.90. The molecule has 0 saturated heterocycles. The van der Waals surface area contributed by atoms with E-state index in [1.807, 2.05) is 0 Å². The highest BCUT2D eigenvalue weighted by Gasteiger charge is 2.30. The van der Waals surface area contributed by atoms with Crippen molar-refractivity contribution in [2.75, 3.05) is 0 Å². The van der Waals surface area contributed by atoms with Crippen molar-refractivity contribution in [3.8, 4) is 0 Å². The molecule has 16 heavy (non-hydrogen) atoms. The summed E-state index contributed by atoms with van der Waals surface area (Å²) >= 11 is 5.30. The number of halogens is 4. The molecule has 0 heterocycles. The first kappa shape index (κ1) is 13.4. The lowest BCUT2D eigenvalue weighted by molar-refractivity contribution is -0.0328. The summed E-state index contributed by atoms with van der Waals surface area (Å²) in [6.45, 7) is 1.65. The molecule has 88 valence electrons. The Morgan fingerprint density at radius 3 is 2.56 bits per heavy atom. The van der Waals surface area contributed by atoms with Gasteiger partial charge in [0.05, 0.1) is 5.02 Å². The summed E-state index contributed by atoms with van der Waals surface area (Å²) in [5.41, 5.74) is -4.16. The van der Waals surface area contributed by atoms with Gasteiger partial charge in [-0.1, -0.05) is 18.5 Å². The number of benzene rings is 1. The fourth-order valence-electron chi connectivity index (χ4n) is 1.08. The average Bonchev–Trinajstić information content (AvgIpc) is 2.18. The Morgan fingerprint density at radius 2 is 2.06 bits per heavy atom. The zero-order valence-corrected chi connectivity index (χ0v) is 9.84. The molecule has 6 heteroatoms. The second-order valence-corrected chi connectivity index (χ2v) is 4.48. The van der Waals surface area contributed by atoms with Crippen molar-refractivity contribution < 1.29 is 18.0 Å². The summed E-state index contributed by atoms with van der Waals surface area (Å²) in [6.07, 6.45) is 0.248. The molecule has 0 unspecified atom stereocenters.